The van der Waals surface area contributed by atoms with Crippen molar-refractivity contribution in [2.75, 3.05) is 19.0 Å². The summed E-state index contributed by atoms with van der Waals surface area (Å²) in [4.78, 5) is 12.2. The zero-order chi connectivity index (χ0) is 15.2. The van der Waals surface area contributed by atoms with Gasteiger partial charge in [-0.3, -0.25) is 4.79 Å². The fraction of sp³-hybridized carbons (Fsp3) is 0.733. The first-order valence-electron chi connectivity index (χ1n) is 7.63. The van der Waals surface area contributed by atoms with Crippen molar-refractivity contribution >= 4 is 21.6 Å². The van der Waals surface area contributed by atoms with E-state index in [-0.39, 0.29) is 5.56 Å². The molecule has 1 saturated carbocycles. The van der Waals surface area contributed by atoms with E-state index in [9.17, 15) is 4.79 Å². The third-order valence-electron chi connectivity index (χ3n) is 4.11. The molecule has 2 rings (SSSR count). The summed E-state index contributed by atoms with van der Waals surface area (Å²) >= 11 is 3.40. The van der Waals surface area contributed by atoms with E-state index in [0.29, 0.717) is 23.7 Å². The summed E-state index contributed by atoms with van der Waals surface area (Å²) in [7, 11) is 1.61. The minimum atomic E-state index is -0.112. The number of methoxy groups -OCH3 is 1. The first-order valence-corrected chi connectivity index (χ1v) is 8.42. The molecular weight excluding hydrogens is 334 g/mol. The first-order chi connectivity index (χ1) is 10.1. The second-order valence-corrected chi connectivity index (χ2v) is 6.64. The van der Waals surface area contributed by atoms with Crippen molar-refractivity contribution in [2.45, 2.75) is 51.6 Å². The molecule has 0 radical (unpaired) electrons. The zero-order valence-corrected chi connectivity index (χ0v) is 14.4. The maximum atomic E-state index is 12.2. The smallest absolute Gasteiger partial charge is 0.283 e. The predicted molar refractivity (Wildman–Crippen MR) is 87.7 cm³/mol. The molecule has 1 fully saturated rings. The fourth-order valence-electron chi connectivity index (χ4n) is 2.75. The summed E-state index contributed by atoms with van der Waals surface area (Å²) in [6, 6.07) is 0.433. The van der Waals surface area contributed by atoms with Crippen molar-refractivity contribution in [3.05, 3.63) is 21.0 Å². The van der Waals surface area contributed by atoms with Crippen molar-refractivity contribution in [1.82, 2.24) is 9.78 Å². The van der Waals surface area contributed by atoms with Crippen LogP contribution in [0, 0.1) is 5.92 Å². The Bertz CT molecular complexity index is 518. The van der Waals surface area contributed by atoms with Crippen molar-refractivity contribution in [2.24, 2.45) is 5.92 Å². The maximum Gasteiger partial charge on any atom is 0.283 e. The second-order valence-electron chi connectivity index (χ2n) is 5.85. The lowest BCUT2D eigenvalue weighted by Gasteiger charge is -2.18. The number of halogens is 1. The lowest BCUT2D eigenvalue weighted by molar-refractivity contribution is 0.181. The van der Waals surface area contributed by atoms with E-state index in [1.165, 1.54) is 23.9 Å². The van der Waals surface area contributed by atoms with Crippen LogP contribution in [-0.2, 0) is 11.3 Å². The van der Waals surface area contributed by atoms with Crippen LogP contribution in [0.15, 0.2) is 15.5 Å². The van der Waals surface area contributed by atoms with E-state index in [1.807, 2.05) is 0 Å². The molecule has 1 aliphatic carbocycles. The van der Waals surface area contributed by atoms with Gasteiger partial charge in [-0.1, -0.05) is 19.8 Å². The largest absolute Gasteiger partial charge is 0.383 e. The molecule has 2 unspecified atom stereocenters. The Balaban J connectivity index is 2.06. The van der Waals surface area contributed by atoms with Gasteiger partial charge in [-0.25, -0.2) is 4.68 Å². The number of rotatable bonds is 5. The van der Waals surface area contributed by atoms with Crippen LogP contribution in [0.5, 0.6) is 0 Å². The Labute approximate surface area is 134 Å². The number of anilines is 1. The molecule has 1 aliphatic rings. The molecule has 0 aliphatic heterocycles. The summed E-state index contributed by atoms with van der Waals surface area (Å²) < 4.78 is 6.97. The molecule has 1 N–H and O–H groups in total. The van der Waals surface area contributed by atoms with Crippen LogP contribution in [0.3, 0.4) is 0 Å². The minimum absolute atomic E-state index is 0.112. The topological polar surface area (TPSA) is 56.1 Å². The molecule has 5 nitrogen and oxygen atoms in total. The molecule has 0 saturated heterocycles. The van der Waals surface area contributed by atoms with Gasteiger partial charge in [0.2, 0.25) is 0 Å². The highest BCUT2D eigenvalue weighted by Gasteiger charge is 2.18. The second kappa shape index (κ2) is 7.94. The van der Waals surface area contributed by atoms with Gasteiger partial charge in [0.1, 0.15) is 4.47 Å². The van der Waals surface area contributed by atoms with Crippen LogP contribution in [-0.4, -0.2) is 29.5 Å². The Morgan fingerprint density at radius 1 is 1.43 bits per heavy atom. The summed E-state index contributed by atoms with van der Waals surface area (Å²) in [5.74, 6) is 0.806. The minimum Gasteiger partial charge on any atom is -0.383 e. The highest BCUT2D eigenvalue weighted by Crippen LogP contribution is 2.26. The van der Waals surface area contributed by atoms with Gasteiger partial charge in [0.25, 0.3) is 5.56 Å². The summed E-state index contributed by atoms with van der Waals surface area (Å²) in [5.41, 5.74) is 0.687. The van der Waals surface area contributed by atoms with Gasteiger partial charge in [0.15, 0.2) is 0 Å². The average Bonchev–Trinajstić information content (AvgIpc) is 2.68. The molecule has 2 atom stereocenters. The quantitative estimate of drug-likeness (QED) is 0.822. The molecule has 21 heavy (non-hydrogen) atoms. The van der Waals surface area contributed by atoms with Gasteiger partial charge in [-0.2, -0.15) is 5.10 Å². The van der Waals surface area contributed by atoms with E-state index >= 15 is 0 Å². The van der Waals surface area contributed by atoms with E-state index in [1.54, 1.807) is 13.3 Å². The third kappa shape index (κ3) is 4.54. The molecule has 0 spiro atoms. The molecule has 0 aromatic carbocycles. The van der Waals surface area contributed by atoms with Crippen molar-refractivity contribution in [1.29, 1.82) is 0 Å². The zero-order valence-electron chi connectivity index (χ0n) is 12.8. The Hall–Kier alpha value is -0.880. The van der Waals surface area contributed by atoms with Crippen LogP contribution < -0.4 is 10.9 Å². The molecule has 1 aromatic heterocycles. The maximum absolute atomic E-state index is 12.2. The molecule has 1 aromatic rings. The summed E-state index contributed by atoms with van der Waals surface area (Å²) in [5, 5.41) is 7.69. The van der Waals surface area contributed by atoms with E-state index in [2.05, 4.69) is 33.3 Å². The number of aromatic nitrogens is 2. The molecule has 118 valence electrons. The molecule has 0 amide bonds. The van der Waals surface area contributed by atoms with Crippen LogP contribution in [0.4, 0.5) is 5.69 Å². The third-order valence-corrected chi connectivity index (χ3v) is 4.88. The van der Waals surface area contributed by atoms with Gasteiger partial charge in [-0.15, -0.1) is 0 Å². The van der Waals surface area contributed by atoms with Crippen molar-refractivity contribution in [3.63, 3.8) is 0 Å². The first kappa shape index (κ1) is 16.5. The van der Waals surface area contributed by atoms with Gasteiger partial charge >= 0.3 is 0 Å². The predicted octanol–water partition coefficient (Wildman–Crippen LogP) is 3.03. The molecular formula is C15H24BrN3O2. The van der Waals surface area contributed by atoms with Crippen molar-refractivity contribution in [3.8, 4) is 0 Å². The van der Waals surface area contributed by atoms with Gasteiger partial charge in [-0.05, 0) is 41.1 Å². The monoisotopic (exact) mass is 357 g/mol. The number of hydrogen-bond acceptors (Lipinski definition) is 4. The van der Waals surface area contributed by atoms with Gasteiger partial charge in [0, 0.05) is 13.2 Å². The van der Waals surface area contributed by atoms with Crippen LogP contribution in [0.2, 0.25) is 0 Å². The standard InChI is InChI=1S/C15H24BrN3O2/c1-11-4-3-5-12(7-6-11)18-13-10-17-19(8-9-21-2)15(20)14(13)16/h10-12,18H,3-9H2,1-2H3. The SMILES string of the molecule is COCCn1ncc(NC2CCCC(C)CC2)c(Br)c1=O. The Kier molecular flexibility index (Phi) is 6.23. The lowest BCUT2D eigenvalue weighted by Crippen LogP contribution is -2.28. The van der Waals surface area contributed by atoms with E-state index < -0.39 is 0 Å². The number of hydrogen-bond donors (Lipinski definition) is 1. The normalized spacial score (nSPS) is 22.8. The Morgan fingerprint density at radius 2 is 2.24 bits per heavy atom. The van der Waals surface area contributed by atoms with E-state index in [0.717, 1.165) is 24.4 Å². The fourth-order valence-corrected chi connectivity index (χ4v) is 3.18. The number of nitrogens with zero attached hydrogens (tertiary/aromatic N) is 2. The summed E-state index contributed by atoms with van der Waals surface area (Å²) in [6.07, 6.45) is 7.83. The van der Waals surface area contributed by atoms with E-state index in [4.69, 9.17) is 4.74 Å². The Morgan fingerprint density at radius 3 is 3.00 bits per heavy atom. The average molecular weight is 358 g/mol. The van der Waals surface area contributed by atoms with Crippen LogP contribution >= 0.6 is 15.9 Å². The van der Waals surface area contributed by atoms with Crippen LogP contribution in [0.1, 0.15) is 39.0 Å². The number of nitrogens with one attached hydrogen (secondary N) is 1. The van der Waals surface area contributed by atoms with Gasteiger partial charge < -0.3 is 10.1 Å². The van der Waals surface area contributed by atoms with Crippen LogP contribution in [0.25, 0.3) is 0 Å². The molecule has 0 bridgehead atoms. The lowest BCUT2D eigenvalue weighted by atomic mass is 10.0. The van der Waals surface area contributed by atoms with Crippen molar-refractivity contribution < 1.29 is 4.74 Å². The highest BCUT2D eigenvalue weighted by atomic mass is 79.9. The molecule has 1 heterocycles. The number of ether oxygens (including phenoxy) is 1. The summed E-state index contributed by atoms with van der Waals surface area (Å²) in [6.45, 7) is 3.26. The highest BCUT2D eigenvalue weighted by molar-refractivity contribution is 9.10. The molecule has 6 heteroatoms. The van der Waals surface area contributed by atoms with Gasteiger partial charge in [0.05, 0.1) is 25.0 Å².